The number of unbranched alkanes of at least 4 members (excludes halogenated alkanes) is 2. The Bertz CT molecular complexity index is 683. The van der Waals surface area contributed by atoms with Crippen molar-refractivity contribution in [1.29, 1.82) is 0 Å². The molecule has 0 bridgehead atoms. The Morgan fingerprint density at radius 3 is 2.72 bits per heavy atom. The molecule has 2 N–H and O–H groups in total. The highest BCUT2D eigenvalue weighted by Gasteiger charge is 2.38. The number of hydrogen-bond donors (Lipinski definition) is 2. The minimum Gasteiger partial charge on any atom is -0.354 e. The quantitative estimate of drug-likeness (QED) is 0.720. The van der Waals surface area contributed by atoms with Crippen LogP contribution in [-0.4, -0.2) is 29.6 Å². The zero-order valence-electron chi connectivity index (χ0n) is 14.9. The predicted octanol–water partition coefficient (Wildman–Crippen LogP) is 4.40. The Hall–Kier alpha value is -1.65. The van der Waals surface area contributed by atoms with Crippen LogP contribution in [-0.2, 0) is 5.41 Å². The van der Waals surface area contributed by atoms with E-state index in [1.54, 1.807) is 0 Å². The van der Waals surface area contributed by atoms with Gasteiger partial charge in [0.1, 0.15) is 0 Å². The van der Waals surface area contributed by atoms with Crippen molar-refractivity contribution >= 4 is 17.5 Å². The lowest BCUT2D eigenvalue weighted by atomic mass is 9.70. The second-order valence-electron chi connectivity index (χ2n) is 6.71. The molecule has 2 heterocycles. The molecule has 0 spiro atoms. The van der Waals surface area contributed by atoms with Crippen LogP contribution in [0, 0.1) is 0 Å². The molecule has 0 unspecified atom stereocenters. The van der Waals surface area contributed by atoms with Crippen LogP contribution >= 0.6 is 11.6 Å². The Labute approximate surface area is 155 Å². The molecule has 0 amide bonds. The van der Waals surface area contributed by atoms with Gasteiger partial charge in [0.2, 0.25) is 5.95 Å². The molecule has 1 aromatic carbocycles. The van der Waals surface area contributed by atoms with E-state index in [0.29, 0.717) is 0 Å². The summed E-state index contributed by atoms with van der Waals surface area (Å²) in [7, 11) is 0. The van der Waals surface area contributed by atoms with Crippen molar-refractivity contribution in [3.8, 4) is 0 Å². The summed E-state index contributed by atoms with van der Waals surface area (Å²) in [5.41, 5.74) is 2.09. The molecule has 4 nitrogen and oxygen atoms in total. The van der Waals surface area contributed by atoms with Gasteiger partial charge in [-0.25, -0.2) is 9.97 Å². The molecule has 134 valence electrons. The molecule has 1 saturated heterocycles. The number of anilines is 1. The van der Waals surface area contributed by atoms with E-state index < -0.39 is 0 Å². The monoisotopic (exact) mass is 358 g/mol. The van der Waals surface area contributed by atoms with Crippen molar-refractivity contribution in [3.05, 3.63) is 52.8 Å². The van der Waals surface area contributed by atoms with Crippen molar-refractivity contribution in [2.24, 2.45) is 0 Å². The first kappa shape index (κ1) is 18.2. The normalized spacial score (nSPS) is 16.6. The minimum absolute atomic E-state index is 0.146. The molecule has 25 heavy (non-hydrogen) atoms. The SMILES string of the molecule is CCCCCNc1nccc(C2(c3ccccc3Cl)CCNCC2)n1. The summed E-state index contributed by atoms with van der Waals surface area (Å²) < 4.78 is 0. The van der Waals surface area contributed by atoms with Gasteiger partial charge in [-0.1, -0.05) is 49.6 Å². The number of benzene rings is 1. The lowest BCUT2D eigenvalue weighted by Crippen LogP contribution is -2.41. The Balaban J connectivity index is 1.91. The highest BCUT2D eigenvalue weighted by Crippen LogP contribution is 2.42. The molecule has 1 aromatic heterocycles. The van der Waals surface area contributed by atoms with E-state index in [1.165, 1.54) is 18.4 Å². The molecule has 0 radical (unpaired) electrons. The van der Waals surface area contributed by atoms with E-state index in [1.807, 2.05) is 24.4 Å². The summed E-state index contributed by atoms with van der Waals surface area (Å²) in [6, 6.07) is 10.2. The largest absolute Gasteiger partial charge is 0.354 e. The van der Waals surface area contributed by atoms with Crippen LogP contribution in [0.3, 0.4) is 0 Å². The van der Waals surface area contributed by atoms with Crippen molar-refractivity contribution in [2.75, 3.05) is 25.0 Å². The third-order valence-electron chi connectivity index (χ3n) is 5.06. The number of aromatic nitrogens is 2. The predicted molar refractivity (Wildman–Crippen MR) is 104 cm³/mol. The van der Waals surface area contributed by atoms with Crippen molar-refractivity contribution in [1.82, 2.24) is 15.3 Å². The van der Waals surface area contributed by atoms with Gasteiger partial charge in [0.05, 0.1) is 5.69 Å². The van der Waals surface area contributed by atoms with E-state index in [4.69, 9.17) is 16.6 Å². The zero-order chi connectivity index (χ0) is 17.5. The van der Waals surface area contributed by atoms with Crippen molar-refractivity contribution < 1.29 is 0 Å². The number of piperidine rings is 1. The van der Waals surface area contributed by atoms with Crippen molar-refractivity contribution in [3.63, 3.8) is 0 Å². The molecular weight excluding hydrogens is 332 g/mol. The topological polar surface area (TPSA) is 49.8 Å². The first-order valence-corrected chi connectivity index (χ1v) is 9.67. The Morgan fingerprint density at radius 1 is 1.16 bits per heavy atom. The van der Waals surface area contributed by atoms with Crippen LogP contribution < -0.4 is 10.6 Å². The summed E-state index contributed by atoms with van der Waals surface area (Å²) >= 11 is 6.58. The fourth-order valence-electron chi connectivity index (χ4n) is 3.65. The lowest BCUT2D eigenvalue weighted by Gasteiger charge is -2.38. The summed E-state index contributed by atoms with van der Waals surface area (Å²) in [4.78, 5) is 9.28. The molecule has 0 atom stereocenters. The van der Waals surface area contributed by atoms with Gasteiger partial charge >= 0.3 is 0 Å². The molecule has 5 heteroatoms. The minimum atomic E-state index is -0.146. The zero-order valence-corrected chi connectivity index (χ0v) is 15.6. The maximum atomic E-state index is 6.58. The van der Waals surface area contributed by atoms with Crippen LogP contribution in [0.1, 0.15) is 50.3 Å². The summed E-state index contributed by atoms with van der Waals surface area (Å²) in [5.74, 6) is 0.721. The van der Waals surface area contributed by atoms with Gasteiger partial charge in [-0.05, 0) is 50.0 Å². The standard InChI is InChI=1S/C20H27ClN4/c1-2-3-6-12-23-19-24-13-9-18(25-19)20(10-14-22-15-11-20)16-7-4-5-8-17(16)21/h4-5,7-9,13,22H,2-3,6,10-12,14-15H2,1H3,(H,23,24,25). The number of halogens is 1. The van der Waals surface area contributed by atoms with E-state index in [-0.39, 0.29) is 5.41 Å². The van der Waals surface area contributed by atoms with E-state index in [9.17, 15) is 0 Å². The maximum absolute atomic E-state index is 6.58. The number of nitrogens with zero attached hydrogens (tertiary/aromatic N) is 2. The van der Waals surface area contributed by atoms with Crippen LogP contribution in [0.5, 0.6) is 0 Å². The van der Waals surface area contributed by atoms with Gasteiger partial charge in [-0.3, -0.25) is 0 Å². The second kappa shape index (κ2) is 8.63. The molecule has 1 fully saturated rings. The fourth-order valence-corrected chi connectivity index (χ4v) is 3.97. The van der Waals surface area contributed by atoms with Crippen LogP contribution in [0.4, 0.5) is 5.95 Å². The first-order valence-electron chi connectivity index (χ1n) is 9.29. The van der Waals surface area contributed by atoms with Gasteiger partial charge in [0, 0.05) is 23.2 Å². The summed E-state index contributed by atoms with van der Waals surface area (Å²) in [6.45, 7) is 5.06. The van der Waals surface area contributed by atoms with Crippen LogP contribution in [0.2, 0.25) is 5.02 Å². The highest BCUT2D eigenvalue weighted by molar-refractivity contribution is 6.31. The number of hydrogen-bond acceptors (Lipinski definition) is 4. The van der Waals surface area contributed by atoms with Crippen LogP contribution in [0.25, 0.3) is 0 Å². The van der Waals surface area contributed by atoms with Gasteiger partial charge in [0.25, 0.3) is 0 Å². The van der Waals surface area contributed by atoms with E-state index in [0.717, 1.165) is 55.6 Å². The molecule has 0 aliphatic carbocycles. The van der Waals surface area contributed by atoms with Gasteiger partial charge in [-0.15, -0.1) is 0 Å². The first-order chi connectivity index (χ1) is 12.3. The molecule has 2 aromatic rings. The summed E-state index contributed by atoms with van der Waals surface area (Å²) in [6.07, 6.45) is 7.42. The smallest absolute Gasteiger partial charge is 0.222 e. The van der Waals surface area contributed by atoms with Gasteiger partial charge in [-0.2, -0.15) is 0 Å². The third-order valence-corrected chi connectivity index (χ3v) is 5.39. The lowest BCUT2D eigenvalue weighted by molar-refractivity contribution is 0.354. The fraction of sp³-hybridized carbons (Fsp3) is 0.500. The van der Waals surface area contributed by atoms with E-state index >= 15 is 0 Å². The molecule has 3 rings (SSSR count). The molecule has 1 aliphatic heterocycles. The van der Waals surface area contributed by atoms with Gasteiger partial charge in [0.15, 0.2) is 0 Å². The summed E-state index contributed by atoms with van der Waals surface area (Å²) in [5, 5.41) is 7.65. The molecular formula is C20H27ClN4. The highest BCUT2D eigenvalue weighted by atomic mass is 35.5. The number of rotatable bonds is 7. The van der Waals surface area contributed by atoms with E-state index in [2.05, 4.69) is 34.7 Å². The maximum Gasteiger partial charge on any atom is 0.222 e. The molecule has 0 saturated carbocycles. The Kier molecular flexibility index (Phi) is 6.27. The van der Waals surface area contributed by atoms with Crippen LogP contribution in [0.15, 0.2) is 36.5 Å². The molecule has 1 aliphatic rings. The number of nitrogens with one attached hydrogen (secondary N) is 2. The van der Waals surface area contributed by atoms with Gasteiger partial charge < -0.3 is 10.6 Å². The average molecular weight is 359 g/mol. The Morgan fingerprint density at radius 2 is 1.96 bits per heavy atom. The average Bonchev–Trinajstić information content (AvgIpc) is 2.66. The second-order valence-corrected chi connectivity index (χ2v) is 7.12. The third kappa shape index (κ3) is 4.13. The van der Waals surface area contributed by atoms with Crippen molar-refractivity contribution in [2.45, 2.75) is 44.4 Å².